The molecule has 0 bridgehead atoms. The topological polar surface area (TPSA) is 61.0 Å². The van der Waals surface area contributed by atoms with E-state index in [-0.39, 0.29) is 11.8 Å². The second-order valence-electron chi connectivity index (χ2n) is 2.08. The fourth-order valence-electron chi connectivity index (χ4n) is 0.607. The Morgan fingerprint density at radius 1 is 1.62 bits per heavy atom. The van der Waals surface area contributed by atoms with E-state index in [0.717, 1.165) is 0 Å². The van der Waals surface area contributed by atoms with Crippen molar-refractivity contribution < 1.29 is 13.5 Å². The Kier molecular flexibility index (Phi) is 3.35. The Morgan fingerprint density at radius 3 is 2.92 bits per heavy atom. The molecule has 0 unspecified atom stereocenters. The molecule has 0 aliphatic rings. The standard InChI is InChI=1S/C6H6BrF2N3O/c7-3-1-11-6(10)12-5(3)13-2-4(8)9/h1,4H,2H2,(H2,10,11,12). The maximum Gasteiger partial charge on any atom is 0.272 e. The molecule has 0 aliphatic heterocycles. The van der Waals surface area contributed by atoms with Crippen LogP contribution in [0.25, 0.3) is 0 Å². The van der Waals surface area contributed by atoms with E-state index in [0.29, 0.717) is 4.47 Å². The summed E-state index contributed by atoms with van der Waals surface area (Å²) in [6.07, 6.45) is -1.20. The van der Waals surface area contributed by atoms with Gasteiger partial charge in [0, 0.05) is 0 Å². The van der Waals surface area contributed by atoms with E-state index in [9.17, 15) is 8.78 Å². The van der Waals surface area contributed by atoms with Gasteiger partial charge in [-0.2, -0.15) is 4.98 Å². The minimum atomic E-state index is -2.54. The lowest BCUT2D eigenvalue weighted by atomic mass is 10.6. The van der Waals surface area contributed by atoms with Gasteiger partial charge in [-0.25, -0.2) is 13.8 Å². The SMILES string of the molecule is Nc1ncc(Br)c(OCC(F)F)n1. The predicted molar refractivity (Wildman–Crippen MR) is 45.6 cm³/mol. The van der Waals surface area contributed by atoms with Crippen molar-refractivity contribution in [3.05, 3.63) is 10.7 Å². The molecule has 13 heavy (non-hydrogen) atoms. The molecule has 0 saturated carbocycles. The highest BCUT2D eigenvalue weighted by molar-refractivity contribution is 9.10. The number of nitrogen functional groups attached to an aromatic ring is 1. The molecular formula is C6H6BrF2N3O. The first-order chi connectivity index (χ1) is 6.09. The van der Waals surface area contributed by atoms with Gasteiger partial charge in [-0.3, -0.25) is 0 Å². The quantitative estimate of drug-likeness (QED) is 0.887. The Balaban J connectivity index is 2.70. The third-order valence-corrected chi connectivity index (χ3v) is 1.62. The monoisotopic (exact) mass is 253 g/mol. The fraction of sp³-hybridized carbons (Fsp3) is 0.333. The van der Waals surface area contributed by atoms with Crippen LogP contribution in [0.5, 0.6) is 5.88 Å². The Hall–Kier alpha value is -0.980. The fourth-order valence-corrected chi connectivity index (χ4v) is 0.913. The first-order valence-electron chi connectivity index (χ1n) is 3.28. The van der Waals surface area contributed by atoms with E-state index in [1.54, 1.807) is 0 Å². The molecule has 0 saturated heterocycles. The number of aromatic nitrogens is 2. The van der Waals surface area contributed by atoms with Gasteiger partial charge in [-0.1, -0.05) is 0 Å². The van der Waals surface area contributed by atoms with Crippen molar-refractivity contribution in [1.29, 1.82) is 0 Å². The van der Waals surface area contributed by atoms with Crippen LogP contribution < -0.4 is 10.5 Å². The van der Waals surface area contributed by atoms with Crippen molar-refractivity contribution in [2.24, 2.45) is 0 Å². The van der Waals surface area contributed by atoms with Crippen molar-refractivity contribution >= 4 is 21.9 Å². The minimum absolute atomic E-state index is 0.0209. The van der Waals surface area contributed by atoms with Crippen molar-refractivity contribution in [1.82, 2.24) is 9.97 Å². The molecule has 0 fully saturated rings. The molecule has 2 N–H and O–H groups in total. The van der Waals surface area contributed by atoms with E-state index in [1.807, 2.05) is 0 Å². The number of nitrogens with two attached hydrogens (primary N) is 1. The number of ether oxygens (including phenoxy) is 1. The number of halogens is 3. The second kappa shape index (κ2) is 4.31. The van der Waals surface area contributed by atoms with Crippen LogP contribution in [0.2, 0.25) is 0 Å². The maximum atomic E-state index is 11.7. The molecule has 0 spiro atoms. The Bertz CT molecular complexity index is 297. The van der Waals surface area contributed by atoms with Crippen molar-refractivity contribution in [3.63, 3.8) is 0 Å². The maximum absolute atomic E-state index is 11.7. The molecule has 72 valence electrons. The van der Waals surface area contributed by atoms with Gasteiger partial charge in [0.15, 0.2) is 6.61 Å². The van der Waals surface area contributed by atoms with Crippen LogP contribution in [0, 0.1) is 0 Å². The summed E-state index contributed by atoms with van der Waals surface area (Å²) in [6.45, 7) is -0.713. The number of anilines is 1. The van der Waals surface area contributed by atoms with Gasteiger partial charge in [-0.15, -0.1) is 0 Å². The number of alkyl halides is 2. The molecule has 7 heteroatoms. The molecule has 0 radical (unpaired) electrons. The van der Waals surface area contributed by atoms with Gasteiger partial charge < -0.3 is 10.5 Å². The highest BCUT2D eigenvalue weighted by atomic mass is 79.9. The number of rotatable bonds is 3. The summed E-state index contributed by atoms with van der Waals surface area (Å²) in [5.74, 6) is 0.000247. The van der Waals surface area contributed by atoms with Crippen LogP contribution in [-0.2, 0) is 0 Å². The van der Waals surface area contributed by atoms with E-state index in [2.05, 4.69) is 30.6 Å². The highest BCUT2D eigenvalue weighted by Gasteiger charge is 2.08. The van der Waals surface area contributed by atoms with Gasteiger partial charge in [-0.05, 0) is 15.9 Å². The average Bonchev–Trinajstić information content (AvgIpc) is 2.06. The number of hydrogen-bond donors (Lipinski definition) is 1. The van der Waals surface area contributed by atoms with Gasteiger partial charge in [0.2, 0.25) is 11.8 Å². The predicted octanol–water partition coefficient (Wildman–Crippen LogP) is 1.47. The van der Waals surface area contributed by atoms with E-state index >= 15 is 0 Å². The third kappa shape index (κ3) is 3.10. The summed E-state index contributed by atoms with van der Waals surface area (Å²) in [7, 11) is 0. The van der Waals surface area contributed by atoms with Gasteiger partial charge >= 0.3 is 0 Å². The highest BCUT2D eigenvalue weighted by Crippen LogP contribution is 2.21. The van der Waals surface area contributed by atoms with Gasteiger partial charge in [0.1, 0.15) is 0 Å². The first kappa shape index (κ1) is 10.1. The Morgan fingerprint density at radius 2 is 2.31 bits per heavy atom. The molecule has 0 amide bonds. The van der Waals surface area contributed by atoms with Gasteiger partial charge in [0.05, 0.1) is 10.7 Å². The molecular weight excluding hydrogens is 248 g/mol. The molecule has 1 aromatic rings. The lowest BCUT2D eigenvalue weighted by Gasteiger charge is -2.05. The molecule has 4 nitrogen and oxygen atoms in total. The third-order valence-electron chi connectivity index (χ3n) is 1.08. The summed E-state index contributed by atoms with van der Waals surface area (Å²) in [5, 5.41) is 0. The normalized spacial score (nSPS) is 10.5. The van der Waals surface area contributed by atoms with E-state index < -0.39 is 13.0 Å². The van der Waals surface area contributed by atoms with E-state index in [4.69, 9.17) is 5.73 Å². The van der Waals surface area contributed by atoms with Crippen LogP contribution in [0.15, 0.2) is 10.7 Å². The average molecular weight is 254 g/mol. The zero-order valence-electron chi connectivity index (χ0n) is 6.38. The summed E-state index contributed by atoms with van der Waals surface area (Å²) >= 11 is 3.03. The van der Waals surface area contributed by atoms with Crippen LogP contribution >= 0.6 is 15.9 Å². The summed E-state index contributed by atoms with van der Waals surface area (Å²) < 4.78 is 28.5. The molecule has 0 atom stereocenters. The van der Waals surface area contributed by atoms with Crippen LogP contribution in [0.4, 0.5) is 14.7 Å². The second-order valence-corrected chi connectivity index (χ2v) is 2.94. The zero-order valence-corrected chi connectivity index (χ0v) is 7.96. The largest absolute Gasteiger partial charge is 0.471 e. The molecule has 0 aromatic carbocycles. The Labute approximate surface area is 81.3 Å². The van der Waals surface area contributed by atoms with Crippen molar-refractivity contribution in [2.75, 3.05) is 12.3 Å². The minimum Gasteiger partial charge on any atom is -0.471 e. The van der Waals surface area contributed by atoms with Crippen molar-refractivity contribution in [2.45, 2.75) is 6.43 Å². The van der Waals surface area contributed by atoms with Crippen LogP contribution in [0.1, 0.15) is 0 Å². The number of hydrogen-bond acceptors (Lipinski definition) is 4. The van der Waals surface area contributed by atoms with Gasteiger partial charge in [0.25, 0.3) is 6.43 Å². The first-order valence-corrected chi connectivity index (χ1v) is 4.08. The van der Waals surface area contributed by atoms with E-state index in [1.165, 1.54) is 6.20 Å². The molecule has 0 aliphatic carbocycles. The summed E-state index contributed by atoms with van der Waals surface area (Å²) in [4.78, 5) is 7.23. The summed E-state index contributed by atoms with van der Waals surface area (Å²) in [5.41, 5.74) is 5.22. The molecule has 1 aromatic heterocycles. The van der Waals surface area contributed by atoms with Crippen LogP contribution in [-0.4, -0.2) is 23.0 Å². The number of nitrogens with zero attached hydrogens (tertiary/aromatic N) is 2. The summed E-state index contributed by atoms with van der Waals surface area (Å²) in [6, 6.07) is 0. The molecule has 1 rings (SSSR count). The van der Waals surface area contributed by atoms with Crippen LogP contribution in [0.3, 0.4) is 0 Å². The lowest BCUT2D eigenvalue weighted by molar-refractivity contribution is 0.0792. The smallest absolute Gasteiger partial charge is 0.272 e. The lowest BCUT2D eigenvalue weighted by Crippen LogP contribution is -2.09. The zero-order chi connectivity index (χ0) is 9.84. The molecule has 1 heterocycles. The van der Waals surface area contributed by atoms with Crippen molar-refractivity contribution in [3.8, 4) is 5.88 Å².